The molecule has 0 atom stereocenters. The maximum atomic E-state index is 5.51. The van der Waals surface area contributed by atoms with Crippen molar-refractivity contribution >= 4 is 12.6 Å². The predicted octanol–water partition coefficient (Wildman–Crippen LogP) is 2.94. The molecule has 3 nitrogen and oxygen atoms in total. The van der Waals surface area contributed by atoms with Gasteiger partial charge in [-0.05, 0) is 49.6 Å². The molecule has 1 saturated heterocycles. The van der Waals surface area contributed by atoms with Gasteiger partial charge in [0.05, 0.1) is 5.69 Å². The summed E-state index contributed by atoms with van der Waals surface area (Å²) in [6.07, 6.45) is 2.24. The number of thiol groups is 1. The van der Waals surface area contributed by atoms with Crippen LogP contribution in [0.4, 0.5) is 0 Å². The molecule has 0 N–H and O–H groups in total. The Bertz CT molecular complexity index is 419. The van der Waals surface area contributed by atoms with Crippen LogP contribution in [0.15, 0.2) is 18.2 Å². The molecule has 2 heterocycles. The number of nitrogens with zero attached hydrogens (tertiary/aromatic N) is 2. The summed E-state index contributed by atoms with van der Waals surface area (Å²) in [6.45, 7) is 9.09. The zero-order chi connectivity index (χ0) is 14.4. The van der Waals surface area contributed by atoms with Gasteiger partial charge in [0.1, 0.15) is 0 Å². The molecule has 0 bridgehead atoms. The summed E-state index contributed by atoms with van der Waals surface area (Å²) in [7, 11) is 0. The number of aryl methyl sites for hydroxylation is 1. The van der Waals surface area contributed by atoms with Crippen LogP contribution >= 0.6 is 12.6 Å². The lowest BCUT2D eigenvalue weighted by atomic mass is 9.81. The van der Waals surface area contributed by atoms with Crippen molar-refractivity contribution in [3.8, 4) is 0 Å². The van der Waals surface area contributed by atoms with Gasteiger partial charge in [-0.25, -0.2) is 0 Å². The Labute approximate surface area is 128 Å². The minimum Gasteiger partial charge on any atom is -0.381 e. The first-order valence-electron chi connectivity index (χ1n) is 7.51. The number of rotatable bonds is 6. The lowest BCUT2D eigenvalue weighted by Crippen LogP contribution is -2.42. The van der Waals surface area contributed by atoms with E-state index in [-0.39, 0.29) is 0 Å². The molecule has 1 aromatic rings. The molecule has 0 aromatic carbocycles. The molecule has 1 fully saturated rings. The maximum Gasteiger partial charge on any atom is 0.0547 e. The lowest BCUT2D eigenvalue weighted by molar-refractivity contribution is 0.00704. The minimum absolute atomic E-state index is 0.307. The Morgan fingerprint density at radius 2 is 2.10 bits per heavy atom. The second kappa shape index (κ2) is 7.43. The SMILES string of the molecule is CCN(Cc1cccc(C)n1)CC1(CS)CCOCC1. The van der Waals surface area contributed by atoms with E-state index < -0.39 is 0 Å². The number of pyridine rings is 1. The molecule has 0 radical (unpaired) electrons. The van der Waals surface area contributed by atoms with Crippen molar-refractivity contribution < 1.29 is 4.74 Å². The van der Waals surface area contributed by atoms with Crippen LogP contribution in [0.1, 0.15) is 31.2 Å². The third kappa shape index (κ3) is 4.21. The van der Waals surface area contributed by atoms with E-state index >= 15 is 0 Å². The fourth-order valence-corrected chi connectivity index (χ4v) is 3.26. The highest BCUT2D eigenvalue weighted by Gasteiger charge is 2.32. The third-order valence-electron chi connectivity index (χ3n) is 4.23. The standard InChI is InChI=1S/C16H26N2OS/c1-3-18(11-15-6-4-5-14(2)17-15)12-16(13-20)7-9-19-10-8-16/h4-6,20H,3,7-13H2,1-2H3. The minimum atomic E-state index is 0.307. The normalized spacial score (nSPS) is 18.4. The van der Waals surface area contributed by atoms with Crippen LogP contribution in [0.2, 0.25) is 0 Å². The number of hydrogen-bond donors (Lipinski definition) is 1. The van der Waals surface area contributed by atoms with E-state index in [0.29, 0.717) is 5.41 Å². The van der Waals surface area contributed by atoms with Gasteiger partial charge in [0, 0.05) is 32.0 Å². The molecule has 0 amide bonds. The van der Waals surface area contributed by atoms with Crippen LogP contribution in [0, 0.1) is 12.3 Å². The highest BCUT2D eigenvalue weighted by Crippen LogP contribution is 2.33. The first-order chi connectivity index (χ1) is 9.67. The fraction of sp³-hybridized carbons (Fsp3) is 0.688. The zero-order valence-corrected chi connectivity index (χ0v) is 13.5. The van der Waals surface area contributed by atoms with Gasteiger partial charge in [-0.3, -0.25) is 9.88 Å². The summed E-state index contributed by atoms with van der Waals surface area (Å²) in [5, 5.41) is 0. The zero-order valence-electron chi connectivity index (χ0n) is 12.6. The van der Waals surface area contributed by atoms with Crippen molar-refractivity contribution in [2.24, 2.45) is 5.41 Å². The van der Waals surface area contributed by atoms with Gasteiger partial charge in [-0.15, -0.1) is 0 Å². The summed E-state index contributed by atoms with van der Waals surface area (Å²) in [5.74, 6) is 0.939. The largest absolute Gasteiger partial charge is 0.381 e. The van der Waals surface area contributed by atoms with Gasteiger partial charge in [0.2, 0.25) is 0 Å². The molecule has 1 aromatic heterocycles. The van der Waals surface area contributed by atoms with E-state index in [2.05, 4.69) is 41.6 Å². The van der Waals surface area contributed by atoms with Crippen LogP contribution in [0.25, 0.3) is 0 Å². The van der Waals surface area contributed by atoms with Crippen LogP contribution in [0.3, 0.4) is 0 Å². The van der Waals surface area contributed by atoms with Gasteiger partial charge < -0.3 is 4.74 Å². The van der Waals surface area contributed by atoms with E-state index in [1.807, 2.05) is 13.0 Å². The second-order valence-corrected chi connectivity index (χ2v) is 6.16. The van der Waals surface area contributed by atoms with E-state index in [0.717, 1.165) is 62.8 Å². The highest BCUT2D eigenvalue weighted by molar-refractivity contribution is 7.80. The Balaban J connectivity index is 2.00. The summed E-state index contributed by atoms with van der Waals surface area (Å²) in [5.41, 5.74) is 2.56. The lowest BCUT2D eigenvalue weighted by Gasteiger charge is -2.39. The number of aromatic nitrogens is 1. The molecule has 0 aliphatic carbocycles. The summed E-state index contributed by atoms with van der Waals surface area (Å²) in [6, 6.07) is 6.26. The van der Waals surface area contributed by atoms with E-state index in [4.69, 9.17) is 4.74 Å². The molecule has 0 saturated carbocycles. The third-order valence-corrected chi connectivity index (χ3v) is 4.90. The molecule has 1 aliphatic heterocycles. The first-order valence-corrected chi connectivity index (χ1v) is 8.14. The molecule has 2 rings (SSSR count). The van der Waals surface area contributed by atoms with E-state index in [1.165, 1.54) is 0 Å². The molecule has 112 valence electrons. The molecular weight excluding hydrogens is 268 g/mol. The van der Waals surface area contributed by atoms with Crippen molar-refractivity contribution in [2.75, 3.05) is 32.1 Å². The number of hydrogen-bond acceptors (Lipinski definition) is 4. The summed E-state index contributed by atoms with van der Waals surface area (Å²) in [4.78, 5) is 7.11. The van der Waals surface area contributed by atoms with E-state index in [9.17, 15) is 0 Å². The van der Waals surface area contributed by atoms with Gasteiger partial charge >= 0.3 is 0 Å². The van der Waals surface area contributed by atoms with Crippen molar-refractivity contribution in [3.05, 3.63) is 29.6 Å². The highest BCUT2D eigenvalue weighted by atomic mass is 32.1. The smallest absolute Gasteiger partial charge is 0.0547 e. The quantitative estimate of drug-likeness (QED) is 0.817. The topological polar surface area (TPSA) is 25.4 Å². The number of ether oxygens (including phenoxy) is 1. The van der Waals surface area contributed by atoms with E-state index in [1.54, 1.807) is 0 Å². The molecule has 0 unspecified atom stereocenters. The van der Waals surface area contributed by atoms with Gasteiger partial charge in [0.15, 0.2) is 0 Å². The molecule has 20 heavy (non-hydrogen) atoms. The Morgan fingerprint density at radius 3 is 2.70 bits per heavy atom. The van der Waals surface area contributed by atoms with Crippen molar-refractivity contribution in [2.45, 2.75) is 33.2 Å². The maximum absolute atomic E-state index is 5.51. The van der Waals surface area contributed by atoms with Gasteiger partial charge in [-0.2, -0.15) is 12.6 Å². The van der Waals surface area contributed by atoms with Gasteiger partial charge in [-0.1, -0.05) is 13.0 Å². The average molecular weight is 294 g/mol. The first kappa shape index (κ1) is 15.8. The van der Waals surface area contributed by atoms with Crippen molar-refractivity contribution in [1.82, 2.24) is 9.88 Å². The molecule has 1 aliphatic rings. The molecule has 0 spiro atoms. The van der Waals surface area contributed by atoms with Crippen LogP contribution in [-0.4, -0.2) is 41.9 Å². The average Bonchev–Trinajstić information content (AvgIpc) is 2.47. The fourth-order valence-electron chi connectivity index (χ4n) is 2.84. The monoisotopic (exact) mass is 294 g/mol. The Hall–Kier alpha value is -0.580. The van der Waals surface area contributed by atoms with Crippen LogP contribution in [0.5, 0.6) is 0 Å². The predicted molar refractivity (Wildman–Crippen MR) is 86.3 cm³/mol. The summed E-state index contributed by atoms with van der Waals surface area (Å²) >= 11 is 4.61. The second-order valence-electron chi connectivity index (χ2n) is 5.84. The van der Waals surface area contributed by atoms with Crippen molar-refractivity contribution in [3.63, 3.8) is 0 Å². The summed E-state index contributed by atoms with van der Waals surface area (Å²) < 4.78 is 5.51. The van der Waals surface area contributed by atoms with Crippen molar-refractivity contribution in [1.29, 1.82) is 0 Å². The van der Waals surface area contributed by atoms with Crippen LogP contribution < -0.4 is 0 Å². The van der Waals surface area contributed by atoms with Crippen LogP contribution in [-0.2, 0) is 11.3 Å². The Kier molecular flexibility index (Phi) is 5.87. The molecular formula is C16H26N2OS. The van der Waals surface area contributed by atoms with Gasteiger partial charge in [0.25, 0.3) is 0 Å². The Morgan fingerprint density at radius 1 is 1.35 bits per heavy atom. The molecule has 4 heteroatoms.